The molecule has 98 valence electrons. The molecule has 0 fully saturated rings. The van der Waals surface area contributed by atoms with Gasteiger partial charge in [0.1, 0.15) is 0 Å². The molecule has 0 N–H and O–H groups in total. The number of fused-ring (bicyclic) bond motifs is 1. The smallest absolute Gasteiger partial charge is 0.372 e. The van der Waals surface area contributed by atoms with E-state index in [1.165, 1.54) is 12.1 Å². The maximum atomic E-state index is 12.5. The Balaban J connectivity index is 1.94. The van der Waals surface area contributed by atoms with E-state index in [1.807, 2.05) is 18.2 Å². The molecule has 1 aliphatic heterocycles. The van der Waals surface area contributed by atoms with Gasteiger partial charge in [-0.05, 0) is 40.5 Å². The van der Waals surface area contributed by atoms with Crippen LogP contribution in [0, 0.1) is 0 Å². The van der Waals surface area contributed by atoms with Gasteiger partial charge >= 0.3 is 6.18 Å². The molecule has 3 rings (SSSR count). The van der Waals surface area contributed by atoms with E-state index >= 15 is 0 Å². The molecule has 0 amide bonds. The molecule has 1 heterocycles. The van der Waals surface area contributed by atoms with Crippen LogP contribution in [0.2, 0.25) is 0 Å². The third-order valence-electron chi connectivity index (χ3n) is 3.27. The minimum Gasteiger partial charge on any atom is -0.372 e. The summed E-state index contributed by atoms with van der Waals surface area (Å²) in [5, 5.41) is 0. The SMILES string of the molecule is FC(F)(F)c1ccc(-c2ccc3c(c2)COC3)cc1. The van der Waals surface area contributed by atoms with Crippen molar-refractivity contribution in [3.05, 3.63) is 59.2 Å². The summed E-state index contributed by atoms with van der Waals surface area (Å²) in [6.07, 6.45) is -4.29. The monoisotopic (exact) mass is 264 g/mol. The van der Waals surface area contributed by atoms with Gasteiger partial charge in [0.2, 0.25) is 0 Å². The average Bonchev–Trinajstić information content (AvgIpc) is 2.85. The van der Waals surface area contributed by atoms with Crippen LogP contribution < -0.4 is 0 Å². The fraction of sp³-hybridized carbons (Fsp3) is 0.200. The summed E-state index contributed by atoms with van der Waals surface area (Å²) in [5.74, 6) is 0. The largest absolute Gasteiger partial charge is 0.416 e. The van der Waals surface area contributed by atoms with Crippen LogP contribution in [0.4, 0.5) is 13.2 Å². The lowest BCUT2D eigenvalue weighted by Gasteiger charge is -2.08. The summed E-state index contributed by atoms with van der Waals surface area (Å²) in [6, 6.07) is 11.1. The zero-order valence-corrected chi connectivity index (χ0v) is 10.00. The lowest BCUT2D eigenvalue weighted by Crippen LogP contribution is -2.03. The maximum absolute atomic E-state index is 12.5. The van der Waals surface area contributed by atoms with Crippen LogP contribution >= 0.6 is 0 Å². The van der Waals surface area contributed by atoms with E-state index in [4.69, 9.17) is 4.74 Å². The highest BCUT2D eigenvalue weighted by atomic mass is 19.4. The number of benzene rings is 2. The van der Waals surface area contributed by atoms with Crippen LogP contribution in [0.15, 0.2) is 42.5 Å². The standard InChI is InChI=1S/C15H11F3O/c16-15(17,18)14-5-3-10(4-6-14)11-1-2-12-8-19-9-13(12)7-11/h1-7H,8-9H2. The average molecular weight is 264 g/mol. The summed E-state index contributed by atoms with van der Waals surface area (Å²) in [6.45, 7) is 1.19. The van der Waals surface area contributed by atoms with Gasteiger partial charge in [0.05, 0.1) is 18.8 Å². The molecule has 0 aliphatic carbocycles. The van der Waals surface area contributed by atoms with Crippen molar-refractivity contribution >= 4 is 0 Å². The molecule has 0 saturated carbocycles. The first-order chi connectivity index (χ1) is 9.04. The first kappa shape index (κ1) is 12.2. The molecule has 2 aromatic rings. The molecule has 0 atom stereocenters. The highest BCUT2D eigenvalue weighted by Gasteiger charge is 2.29. The number of ether oxygens (including phenoxy) is 1. The van der Waals surface area contributed by atoms with Crippen molar-refractivity contribution in [2.24, 2.45) is 0 Å². The van der Waals surface area contributed by atoms with Crippen LogP contribution in [0.25, 0.3) is 11.1 Å². The molecule has 0 radical (unpaired) electrons. The molecule has 4 heteroatoms. The molecule has 19 heavy (non-hydrogen) atoms. The third kappa shape index (κ3) is 2.36. The van der Waals surface area contributed by atoms with Crippen LogP contribution in [-0.4, -0.2) is 0 Å². The van der Waals surface area contributed by atoms with E-state index in [0.717, 1.165) is 34.4 Å². The van der Waals surface area contributed by atoms with Crippen molar-refractivity contribution in [3.8, 4) is 11.1 Å². The Labute approximate surface area is 108 Å². The van der Waals surface area contributed by atoms with Crippen LogP contribution in [0.3, 0.4) is 0 Å². The summed E-state index contributed by atoms with van der Waals surface area (Å²) in [7, 11) is 0. The Morgan fingerprint density at radius 1 is 0.789 bits per heavy atom. The fourth-order valence-electron chi connectivity index (χ4n) is 2.20. The van der Waals surface area contributed by atoms with Gasteiger partial charge in [-0.15, -0.1) is 0 Å². The Morgan fingerprint density at radius 3 is 2.11 bits per heavy atom. The van der Waals surface area contributed by atoms with Crippen molar-refractivity contribution in [3.63, 3.8) is 0 Å². The molecule has 1 aliphatic rings. The predicted octanol–water partition coefficient (Wildman–Crippen LogP) is 4.40. The van der Waals surface area contributed by atoms with Crippen LogP contribution in [0.5, 0.6) is 0 Å². The van der Waals surface area contributed by atoms with E-state index in [-0.39, 0.29) is 0 Å². The van der Waals surface area contributed by atoms with Gasteiger partial charge in [-0.2, -0.15) is 13.2 Å². The van der Waals surface area contributed by atoms with Crippen molar-refractivity contribution in [1.29, 1.82) is 0 Å². The molecule has 0 bridgehead atoms. The second-order valence-corrected chi connectivity index (χ2v) is 4.55. The van der Waals surface area contributed by atoms with Crippen molar-refractivity contribution in [2.75, 3.05) is 0 Å². The number of hydrogen-bond acceptors (Lipinski definition) is 1. The second-order valence-electron chi connectivity index (χ2n) is 4.55. The maximum Gasteiger partial charge on any atom is 0.416 e. The van der Waals surface area contributed by atoms with E-state index in [9.17, 15) is 13.2 Å². The predicted molar refractivity (Wildman–Crippen MR) is 65.4 cm³/mol. The van der Waals surface area contributed by atoms with Gasteiger partial charge in [-0.1, -0.05) is 24.3 Å². The quantitative estimate of drug-likeness (QED) is 0.741. The van der Waals surface area contributed by atoms with E-state index < -0.39 is 11.7 Å². The number of halogens is 3. The van der Waals surface area contributed by atoms with Crippen LogP contribution in [-0.2, 0) is 24.1 Å². The van der Waals surface area contributed by atoms with E-state index in [0.29, 0.717) is 13.2 Å². The topological polar surface area (TPSA) is 9.23 Å². The minimum atomic E-state index is -4.29. The highest BCUT2D eigenvalue weighted by molar-refractivity contribution is 5.65. The Morgan fingerprint density at radius 2 is 1.42 bits per heavy atom. The Hall–Kier alpha value is -1.81. The Kier molecular flexibility index (Phi) is 2.82. The summed E-state index contributed by atoms with van der Waals surface area (Å²) in [4.78, 5) is 0. The first-order valence-corrected chi connectivity index (χ1v) is 5.91. The summed E-state index contributed by atoms with van der Waals surface area (Å²) < 4.78 is 42.8. The Bertz CT molecular complexity index is 600. The molecule has 2 aromatic carbocycles. The number of rotatable bonds is 1. The van der Waals surface area contributed by atoms with Crippen molar-refractivity contribution in [2.45, 2.75) is 19.4 Å². The molecular weight excluding hydrogens is 253 g/mol. The normalized spacial score (nSPS) is 14.5. The lowest BCUT2D eigenvalue weighted by atomic mass is 9.99. The van der Waals surface area contributed by atoms with Crippen molar-refractivity contribution < 1.29 is 17.9 Å². The molecule has 0 unspecified atom stereocenters. The fourth-order valence-corrected chi connectivity index (χ4v) is 2.20. The highest BCUT2D eigenvalue weighted by Crippen LogP contribution is 2.32. The van der Waals surface area contributed by atoms with E-state index in [2.05, 4.69) is 0 Å². The molecule has 0 saturated heterocycles. The van der Waals surface area contributed by atoms with Gasteiger partial charge in [0.15, 0.2) is 0 Å². The number of hydrogen-bond donors (Lipinski definition) is 0. The van der Waals surface area contributed by atoms with Gasteiger partial charge in [-0.3, -0.25) is 0 Å². The van der Waals surface area contributed by atoms with Gasteiger partial charge in [-0.25, -0.2) is 0 Å². The zero-order valence-electron chi connectivity index (χ0n) is 10.00. The lowest BCUT2D eigenvalue weighted by molar-refractivity contribution is -0.137. The van der Waals surface area contributed by atoms with Crippen LogP contribution in [0.1, 0.15) is 16.7 Å². The molecule has 1 nitrogen and oxygen atoms in total. The summed E-state index contributed by atoms with van der Waals surface area (Å²) >= 11 is 0. The molecule has 0 aromatic heterocycles. The third-order valence-corrected chi connectivity index (χ3v) is 3.27. The zero-order chi connectivity index (χ0) is 13.5. The molecular formula is C15H11F3O. The van der Waals surface area contributed by atoms with Crippen molar-refractivity contribution in [1.82, 2.24) is 0 Å². The first-order valence-electron chi connectivity index (χ1n) is 5.91. The summed E-state index contributed by atoms with van der Waals surface area (Å²) in [5.41, 5.74) is 3.33. The minimum absolute atomic E-state index is 0.573. The van der Waals surface area contributed by atoms with Gasteiger partial charge in [0.25, 0.3) is 0 Å². The molecule has 0 spiro atoms. The van der Waals surface area contributed by atoms with Gasteiger partial charge in [0, 0.05) is 0 Å². The second kappa shape index (κ2) is 4.38. The van der Waals surface area contributed by atoms with Gasteiger partial charge < -0.3 is 4.74 Å². The number of alkyl halides is 3. The van der Waals surface area contributed by atoms with E-state index in [1.54, 1.807) is 0 Å².